The molecule has 0 aromatic carbocycles. The van der Waals surface area contributed by atoms with Crippen LogP contribution in [-0.2, 0) is 9.47 Å². The number of ether oxygens (including phenoxy) is 2. The SMILES string of the molecule is C=C(COC)[C@@H]1CC[C@]2(C)CC[C@]3(C)C(CCC4[C@@]5(C)CCC(OC)C(C)(C)C5CC[C@]43C)C12. The molecule has 5 fully saturated rings. The molecule has 0 aliphatic heterocycles. The maximum absolute atomic E-state index is 6.06. The van der Waals surface area contributed by atoms with Crippen molar-refractivity contribution in [3.05, 3.63) is 12.2 Å². The molecule has 0 amide bonds. The first-order valence-corrected chi connectivity index (χ1v) is 14.6. The highest BCUT2D eigenvalue weighted by Crippen LogP contribution is 2.77. The van der Waals surface area contributed by atoms with E-state index in [0.29, 0.717) is 33.7 Å². The quantitative estimate of drug-likeness (QED) is 0.385. The lowest BCUT2D eigenvalue weighted by Crippen LogP contribution is -2.66. The van der Waals surface area contributed by atoms with Crippen LogP contribution in [0.2, 0.25) is 0 Å². The molecule has 5 unspecified atom stereocenters. The van der Waals surface area contributed by atoms with Crippen molar-refractivity contribution in [3.8, 4) is 0 Å². The van der Waals surface area contributed by atoms with Gasteiger partial charge in [-0.2, -0.15) is 0 Å². The molecular formula is C32H54O2. The normalized spacial score (nSPS) is 53.9. The average molecular weight is 471 g/mol. The van der Waals surface area contributed by atoms with Crippen molar-refractivity contribution in [1.29, 1.82) is 0 Å². The van der Waals surface area contributed by atoms with Gasteiger partial charge in [0.05, 0.1) is 12.7 Å². The van der Waals surface area contributed by atoms with E-state index in [-0.39, 0.29) is 5.41 Å². The molecule has 5 rings (SSSR count). The highest BCUT2D eigenvalue weighted by Gasteiger charge is 2.70. The summed E-state index contributed by atoms with van der Waals surface area (Å²) in [4.78, 5) is 0. The fourth-order valence-corrected chi connectivity index (χ4v) is 12.1. The predicted molar refractivity (Wildman–Crippen MR) is 142 cm³/mol. The van der Waals surface area contributed by atoms with E-state index in [4.69, 9.17) is 9.47 Å². The zero-order valence-electron chi connectivity index (χ0n) is 23.8. The van der Waals surface area contributed by atoms with Crippen molar-refractivity contribution in [2.75, 3.05) is 20.8 Å². The summed E-state index contributed by atoms with van der Waals surface area (Å²) in [5.74, 6) is 3.95. The van der Waals surface area contributed by atoms with Gasteiger partial charge in [0.1, 0.15) is 0 Å². The Labute approximate surface area is 211 Å². The summed E-state index contributed by atoms with van der Waals surface area (Å²) in [5, 5.41) is 0. The van der Waals surface area contributed by atoms with Crippen molar-refractivity contribution in [1.82, 2.24) is 0 Å². The lowest BCUT2D eigenvalue weighted by atomic mass is 9.32. The van der Waals surface area contributed by atoms with E-state index in [1.165, 1.54) is 69.8 Å². The molecule has 0 heterocycles. The Hall–Kier alpha value is -0.340. The number of hydrogen-bond acceptors (Lipinski definition) is 2. The number of methoxy groups -OCH3 is 2. The molecule has 0 aromatic rings. The number of fused-ring (bicyclic) bond motifs is 7. The van der Waals surface area contributed by atoms with Gasteiger partial charge in [0, 0.05) is 14.2 Å². The highest BCUT2D eigenvalue weighted by molar-refractivity contribution is 5.21. The van der Waals surface area contributed by atoms with Gasteiger partial charge in [-0.15, -0.1) is 0 Å². The Morgan fingerprint density at radius 3 is 2.18 bits per heavy atom. The zero-order chi connectivity index (χ0) is 24.7. The van der Waals surface area contributed by atoms with Crippen LogP contribution in [-0.4, -0.2) is 26.9 Å². The van der Waals surface area contributed by atoms with Crippen LogP contribution in [0.15, 0.2) is 12.2 Å². The summed E-state index contributed by atoms with van der Waals surface area (Å²) < 4.78 is 11.7. The first-order chi connectivity index (χ1) is 15.9. The Morgan fingerprint density at radius 1 is 0.765 bits per heavy atom. The van der Waals surface area contributed by atoms with Crippen LogP contribution in [0.25, 0.3) is 0 Å². The fourth-order valence-electron chi connectivity index (χ4n) is 12.1. The average Bonchev–Trinajstić information content (AvgIpc) is 3.12. The van der Waals surface area contributed by atoms with Crippen molar-refractivity contribution < 1.29 is 9.47 Å². The molecule has 5 aliphatic carbocycles. The molecule has 0 saturated heterocycles. The van der Waals surface area contributed by atoms with Gasteiger partial charge in [-0.05, 0) is 126 Å². The van der Waals surface area contributed by atoms with Gasteiger partial charge < -0.3 is 9.47 Å². The Kier molecular flexibility index (Phi) is 6.01. The van der Waals surface area contributed by atoms with Gasteiger partial charge in [0.15, 0.2) is 0 Å². The topological polar surface area (TPSA) is 18.5 Å². The van der Waals surface area contributed by atoms with Crippen LogP contribution in [0.4, 0.5) is 0 Å². The molecule has 10 atom stereocenters. The third-order valence-electron chi connectivity index (χ3n) is 13.9. The predicted octanol–water partition coefficient (Wildman–Crippen LogP) is 8.31. The minimum Gasteiger partial charge on any atom is -0.381 e. The van der Waals surface area contributed by atoms with Gasteiger partial charge in [-0.25, -0.2) is 0 Å². The van der Waals surface area contributed by atoms with E-state index in [1.54, 1.807) is 0 Å². The van der Waals surface area contributed by atoms with E-state index >= 15 is 0 Å². The van der Waals surface area contributed by atoms with E-state index in [0.717, 1.165) is 30.3 Å². The van der Waals surface area contributed by atoms with Gasteiger partial charge in [0.2, 0.25) is 0 Å². The molecule has 0 spiro atoms. The molecule has 0 N–H and O–H groups in total. The van der Waals surface area contributed by atoms with E-state index in [9.17, 15) is 0 Å². The smallest absolute Gasteiger partial charge is 0.0673 e. The Balaban J connectivity index is 1.51. The maximum Gasteiger partial charge on any atom is 0.0673 e. The van der Waals surface area contributed by atoms with Crippen LogP contribution < -0.4 is 0 Å². The molecule has 0 aromatic heterocycles. The molecule has 5 aliphatic rings. The number of rotatable bonds is 4. The second kappa shape index (κ2) is 8.08. The molecule has 0 bridgehead atoms. The van der Waals surface area contributed by atoms with Gasteiger partial charge in [-0.1, -0.05) is 48.1 Å². The largest absolute Gasteiger partial charge is 0.381 e. The van der Waals surface area contributed by atoms with Gasteiger partial charge >= 0.3 is 0 Å². The molecular weight excluding hydrogens is 416 g/mol. The fraction of sp³-hybridized carbons (Fsp3) is 0.938. The summed E-state index contributed by atoms with van der Waals surface area (Å²) in [5.41, 5.74) is 3.52. The lowest BCUT2D eigenvalue weighted by molar-refractivity contribution is -0.248. The molecule has 2 nitrogen and oxygen atoms in total. The monoisotopic (exact) mass is 470 g/mol. The summed E-state index contributed by atoms with van der Waals surface area (Å²) in [6.07, 6.45) is 14.3. The van der Waals surface area contributed by atoms with Crippen molar-refractivity contribution in [2.45, 2.75) is 112 Å². The minimum atomic E-state index is 0.278. The molecule has 0 radical (unpaired) electrons. The minimum absolute atomic E-state index is 0.278. The summed E-state index contributed by atoms with van der Waals surface area (Å²) >= 11 is 0. The number of hydrogen-bond donors (Lipinski definition) is 0. The van der Waals surface area contributed by atoms with Crippen molar-refractivity contribution in [2.24, 2.45) is 56.7 Å². The third kappa shape index (κ3) is 3.12. The Morgan fingerprint density at radius 2 is 1.50 bits per heavy atom. The van der Waals surface area contributed by atoms with Crippen molar-refractivity contribution in [3.63, 3.8) is 0 Å². The lowest BCUT2D eigenvalue weighted by Gasteiger charge is -2.73. The first-order valence-electron chi connectivity index (χ1n) is 14.6. The van der Waals surface area contributed by atoms with Crippen LogP contribution in [0.3, 0.4) is 0 Å². The second-order valence-electron chi connectivity index (χ2n) is 15.2. The van der Waals surface area contributed by atoms with Gasteiger partial charge in [0.25, 0.3) is 0 Å². The highest BCUT2D eigenvalue weighted by atomic mass is 16.5. The summed E-state index contributed by atoms with van der Waals surface area (Å²) in [7, 11) is 3.79. The third-order valence-corrected chi connectivity index (χ3v) is 13.9. The zero-order valence-corrected chi connectivity index (χ0v) is 23.8. The van der Waals surface area contributed by atoms with Gasteiger partial charge in [-0.3, -0.25) is 0 Å². The van der Waals surface area contributed by atoms with Crippen LogP contribution in [0.1, 0.15) is 106 Å². The molecule has 34 heavy (non-hydrogen) atoms. The first kappa shape index (κ1) is 25.3. The summed E-state index contributed by atoms with van der Waals surface area (Å²) in [6, 6.07) is 0. The Bertz CT molecular complexity index is 816. The van der Waals surface area contributed by atoms with Crippen molar-refractivity contribution >= 4 is 0 Å². The summed E-state index contributed by atoms with van der Waals surface area (Å²) in [6.45, 7) is 21.2. The maximum atomic E-state index is 6.06. The molecule has 5 saturated carbocycles. The van der Waals surface area contributed by atoms with Crippen LogP contribution >= 0.6 is 0 Å². The van der Waals surface area contributed by atoms with E-state index in [2.05, 4.69) is 48.1 Å². The van der Waals surface area contributed by atoms with E-state index < -0.39 is 0 Å². The van der Waals surface area contributed by atoms with Crippen LogP contribution in [0.5, 0.6) is 0 Å². The van der Waals surface area contributed by atoms with Crippen LogP contribution in [0, 0.1) is 56.7 Å². The standard InChI is InChI=1S/C32H54O2/c1-21(20-33-8)22-12-15-29(4)18-19-31(6)23(27(22)29)10-11-25-30(5)16-14-26(34-9)28(2,3)24(30)13-17-32(25,31)7/h22-27H,1,10-20H2,2-9H3/t22-,23?,24?,25?,26?,27?,29+,30-,31+,32+/m0/s1. The molecule has 194 valence electrons. The van der Waals surface area contributed by atoms with E-state index in [1.807, 2.05) is 14.2 Å². The second-order valence-corrected chi connectivity index (χ2v) is 15.2. The molecule has 2 heteroatoms.